The van der Waals surface area contributed by atoms with Gasteiger partial charge in [0, 0.05) is 17.0 Å². The molecule has 4 nitrogen and oxygen atoms in total. The fraction of sp³-hybridized carbons (Fsp3) is 0.222. The van der Waals surface area contributed by atoms with Crippen molar-refractivity contribution in [3.63, 3.8) is 0 Å². The van der Waals surface area contributed by atoms with Gasteiger partial charge < -0.3 is 5.73 Å². The molecule has 0 saturated carbocycles. The van der Waals surface area contributed by atoms with Crippen LogP contribution >= 0.6 is 11.8 Å². The lowest BCUT2D eigenvalue weighted by molar-refractivity contribution is -0.121. The zero-order valence-corrected chi connectivity index (χ0v) is 13.9. The minimum absolute atomic E-state index is 0.145. The number of thioether (sulfide) groups is 1. The number of benzene rings is 2. The van der Waals surface area contributed by atoms with Gasteiger partial charge in [0.2, 0.25) is 11.8 Å². The molecule has 0 unspecified atom stereocenters. The molecule has 2 aromatic rings. The third kappa shape index (κ3) is 2.97. The maximum absolute atomic E-state index is 12.8. The van der Waals surface area contributed by atoms with Crippen LogP contribution < -0.4 is 10.6 Å². The van der Waals surface area contributed by atoms with Crippen LogP contribution in [-0.4, -0.2) is 17.1 Å². The van der Waals surface area contributed by atoms with Crippen LogP contribution in [0.1, 0.15) is 17.5 Å². The van der Waals surface area contributed by atoms with E-state index in [1.807, 2.05) is 50.2 Å². The van der Waals surface area contributed by atoms with Gasteiger partial charge in [-0.2, -0.15) is 0 Å². The van der Waals surface area contributed by atoms with E-state index >= 15 is 0 Å². The maximum Gasteiger partial charge on any atom is 0.247 e. The fourth-order valence-corrected chi connectivity index (χ4v) is 3.96. The van der Waals surface area contributed by atoms with E-state index < -0.39 is 5.25 Å². The van der Waals surface area contributed by atoms with Gasteiger partial charge in [-0.1, -0.05) is 24.3 Å². The molecule has 0 aliphatic carbocycles. The summed E-state index contributed by atoms with van der Waals surface area (Å²) >= 11 is 1.40. The Balaban J connectivity index is 1.88. The molecule has 23 heavy (non-hydrogen) atoms. The van der Waals surface area contributed by atoms with Crippen molar-refractivity contribution in [1.29, 1.82) is 0 Å². The first-order chi connectivity index (χ1) is 11.0. The van der Waals surface area contributed by atoms with Gasteiger partial charge in [0.05, 0.1) is 10.9 Å². The molecule has 1 atom stereocenters. The summed E-state index contributed by atoms with van der Waals surface area (Å²) in [6, 6.07) is 13.1. The molecule has 0 bridgehead atoms. The fourth-order valence-electron chi connectivity index (χ4n) is 2.84. The van der Waals surface area contributed by atoms with Gasteiger partial charge in [-0.15, -0.1) is 11.8 Å². The van der Waals surface area contributed by atoms with Crippen LogP contribution in [0, 0.1) is 13.8 Å². The highest BCUT2D eigenvalue weighted by molar-refractivity contribution is 8.00. The number of carbonyl (C=O) groups excluding carboxylic acids is 2. The first-order valence-corrected chi connectivity index (χ1v) is 8.30. The number of nitrogens with two attached hydrogens (primary N) is 1. The van der Waals surface area contributed by atoms with Crippen LogP contribution in [0.5, 0.6) is 0 Å². The summed E-state index contributed by atoms with van der Waals surface area (Å²) in [7, 11) is 0. The van der Waals surface area contributed by atoms with Crippen LogP contribution in [0.2, 0.25) is 0 Å². The lowest BCUT2D eigenvalue weighted by Crippen LogP contribution is -2.32. The van der Waals surface area contributed by atoms with Crippen molar-refractivity contribution in [3.05, 3.63) is 53.6 Å². The number of hydrogen-bond acceptors (Lipinski definition) is 4. The van der Waals surface area contributed by atoms with Gasteiger partial charge in [0.15, 0.2) is 0 Å². The number of amides is 2. The number of rotatable bonds is 3. The van der Waals surface area contributed by atoms with Crippen molar-refractivity contribution < 1.29 is 9.59 Å². The highest BCUT2D eigenvalue weighted by atomic mass is 32.2. The average Bonchev–Trinajstić information content (AvgIpc) is 2.75. The van der Waals surface area contributed by atoms with E-state index in [1.54, 1.807) is 6.07 Å². The van der Waals surface area contributed by atoms with Crippen LogP contribution in [0.3, 0.4) is 0 Å². The number of anilines is 2. The number of nitrogen functional groups attached to an aromatic ring is 1. The molecule has 3 rings (SSSR count). The Morgan fingerprint density at radius 2 is 1.74 bits per heavy atom. The second kappa shape index (κ2) is 6.08. The minimum atomic E-state index is -0.400. The summed E-state index contributed by atoms with van der Waals surface area (Å²) in [5, 5.41) is -0.400. The van der Waals surface area contributed by atoms with Gasteiger partial charge in [0.1, 0.15) is 0 Å². The number of nitrogens with zero attached hydrogens (tertiary/aromatic N) is 1. The first kappa shape index (κ1) is 15.6. The summed E-state index contributed by atoms with van der Waals surface area (Å²) in [6.07, 6.45) is 0.214. The quantitative estimate of drug-likeness (QED) is 0.694. The van der Waals surface area contributed by atoms with Crippen molar-refractivity contribution in [2.45, 2.75) is 30.4 Å². The van der Waals surface area contributed by atoms with Crippen molar-refractivity contribution in [2.24, 2.45) is 0 Å². The molecule has 1 fully saturated rings. The molecule has 0 spiro atoms. The van der Waals surface area contributed by atoms with E-state index in [0.717, 1.165) is 21.7 Å². The Morgan fingerprint density at radius 3 is 2.39 bits per heavy atom. The molecule has 0 aromatic heterocycles. The molecule has 1 aliphatic heterocycles. The average molecular weight is 326 g/mol. The van der Waals surface area contributed by atoms with Crippen LogP contribution in [0.15, 0.2) is 47.4 Å². The van der Waals surface area contributed by atoms with Crippen molar-refractivity contribution in [3.8, 4) is 0 Å². The third-order valence-corrected chi connectivity index (χ3v) is 5.08. The monoisotopic (exact) mass is 326 g/mol. The molecule has 1 saturated heterocycles. The minimum Gasteiger partial charge on any atom is -0.399 e. The highest BCUT2D eigenvalue weighted by Crippen LogP contribution is 2.36. The van der Waals surface area contributed by atoms with E-state index in [4.69, 9.17) is 5.73 Å². The Labute approximate surface area is 139 Å². The van der Waals surface area contributed by atoms with E-state index in [-0.39, 0.29) is 18.2 Å². The van der Waals surface area contributed by atoms with Crippen LogP contribution in [0.25, 0.3) is 0 Å². The molecule has 1 heterocycles. The zero-order valence-electron chi connectivity index (χ0n) is 13.1. The van der Waals surface area contributed by atoms with Gasteiger partial charge in [-0.3, -0.25) is 9.59 Å². The standard InChI is InChI=1S/C18H18N2O2S/c1-11-5-3-6-12(2)17(11)20-16(21)10-15(18(20)22)23-14-8-4-7-13(19)9-14/h3-9,15H,10,19H2,1-2H3/t15-/m0/s1. The zero-order chi connectivity index (χ0) is 16.6. The summed E-state index contributed by atoms with van der Waals surface area (Å²) in [5.41, 5.74) is 9.01. The predicted molar refractivity (Wildman–Crippen MR) is 93.5 cm³/mol. The van der Waals surface area contributed by atoms with E-state index in [9.17, 15) is 9.59 Å². The molecule has 0 radical (unpaired) electrons. The normalized spacial score (nSPS) is 17.8. The first-order valence-electron chi connectivity index (χ1n) is 7.42. The SMILES string of the molecule is Cc1cccc(C)c1N1C(=O)C[C@H](Sc2cccc(N)c2)C1=O. The van der Waals surface area contributed by atoms with Crippen LogP contribution in [-0.2, 0) is 9.59 Å². The van der Waals surface area contributed by atoms with E-state index in [2.05, 4.69) is 0 Å². The third-order valence-electron chi connectivity index (χ3n) is 3.90. The van der Waals surface area contributed by atoms with Gasteiger partial charge in [-0.25, -0.2) is 4.90 Å². The summed E-state index contributed by atoms with van der Waals surface area (Å²) in [4.78, 5) is 27.4. The Hall–Kier alpha value is -2.27. The molecule has 118 valence electrons. The molecule has 2 aromatic carbocycles. The highest BCUT2D eigenvalue weighted by Gasteiger charge is 2.41. The predicted octanol–water partition coefficient (Wildman–Crippen LogP) is 3.31. The molecule has 1 aliphatic rings. The number of para-hydroxylation sites is 1. The Kier molecular flexibility index (Phi) is 4.13. The molecular weight excluding hydrogens is 308 g/mol. The van der Waals surface area contributed by atoms with Crippen molar-refractivity contribution in [1.82, 2.24) is 0 Å². The second-order valence-corrected chi connectivity index (χ2v) is 6.97. The van der Waals surface area contributed by atoms with Gasteiger partial charge >= 0.3 is 0 Å². The maximum atomic E-state index is 12.8. The number of carbonyl (C=O) groups is 2. The summed E-state index contributed by atoms with van der Waals surface area (Å²) in [6.45, 7) is 3.84. The molecule has 2 N–H and O–H groups in total. The summed E-state index contributed by atoms with van der Waals surface area (Å²) < 4.78 is 0. The lowest BCUT2D eigenvalue weighted by atomic mass is 10.1. The Morgan fingerprint density at radius 1 is 1.09 bits per heavy atom. The number of aryl methyl sites for hydroxylation is 2. The topological polar surface area (TPSA) is 63.4 Å². The lowest BCUT2D eigenvalue weighted by Gasteiger charge is -2.19. The van der Waals surface area contributed by atoms with Crippen molar-refractivity contribution >= 4 is 35.0 Å². The van der Waals surface area contributed by atoms with Gasteiger partial charge in [-0.05, 0) is 43.2 Å². The smallest absolute Gasteiger partial charge is 0.247 e. The summed E-state index contributed by atoms with van der Waals surface area (Å²) in [5.74, 6) is -0.298. The number of imide groups is 1. The van der Waals surface area contributed by atoms with E-state index in [0.29, 0.717) is 5.69 Å². The molecule has 5 heteroatoms. The van der Waals surface area contributed by atoms with E-state index in [1.165, 1.54) is 16.7 Å². The largest absolute Gasteiger partial charge is 0.399 e. The second-order valence-electron chi connectivity index (χ2n) is 5.69. The molecular formula is C18H18N2O2S. The van der Waals surface area contributed by atoms with Gasteiger partial charge in [0.25, 0.3) is 0 Å². The number of hydrogen-bond donors (Lipinski definition) is 1. The Bertz CT molecular complexity index is 768. The molecule has 2 amide bonds. The van der Waals surface area contributed by atoms with Crippen LogP contribution in [0.4, 0.5) is 11.4 Å². The van der Waals surface area contributed by atoms with Crippen molar-refractivity contribution in [2.75, 3.05) is 10.6 Å².